The van der Waals surface area contributed by atoms with Gasteiger partial charge in [-0.15, -0.1) is 0 Å². The summed E-state index contributed by atoms with van der Waals surface area (Å²) >= 11 is 0. The number of hydrogen-bond acceptors (Lipinski definition) is 5. The molecule has 0 bridgehead atoms. The molecule has 196 valence electrons. The standard InChI is InChI=1S/C28H32FN3O5/c1-28(2,3)37-27(35)32-13-19-20(14-32)23(19)31-25(33)16-10-17-22(15-8-6-5-7-9-15)21(12-29)36-24(17)18(11-16)26(34)30-4/h5-11,19-23H,12-14H2,1-4H3,(H,30,34)(H,31,33)/t19-,20+,21?,22?,23?. The second-order valence-electron chi connectivity index (χ2n) is 10.9. The largest absolute Gasteiger partial charge is 0.486 e. The summed E-state index contributed by atoms with van der Waals surface area (Å²) in [6.45, 7) is 5.82. The molecule has 8 nitrogen and oxygen atoms in total. The fourth-order valence-corrected chi connectivity index (χ4v) is 5.49. The third-order valence-electron chi connectivity index (χ3n) is 7.28. The van der Waals surface area contributed by atoms with Crippen LogP contribution in [0.15, 0.2) is 42.5 Å². The summed E-state index contributed by atoms with van der Waals surface area (Å²) in [6, 6.07) is 12.5. The molecule has 2 aromatic rings. The predicted octanol–water partition coefficient (Wildman–Crippen LogP) is 3.50. The van der Waals surface area contributed by atoms with Gasteiger partial charge in [-0.1, -0.05) is 30.3 Å². The van der Waals surface area contributed by atoms with E-state index in [9.17, 15) is 18.8 Å². The highest BCUT2D eigenvalue weighted by molar-refractivity contribution is 6.02. The number of benzene rings is 2. The Hall–Kier alpha value is -3.62. The number of halogens is 1. The maximum atomic E-state index is 14.0. The fourth-order valence-electron chi connectivity index (χ4n) is 5.49. The molecule has 3 aliphatic rings. The summed E-state index contributed by atoms with van der Waals surface area (Å²) in [4.78, 5) is 40.1. The number of hydrogen-bond donors (Lipinski definition) is 2. The van der Waals surface area contributed by atoms with Crippen LogP contribution in [0.4, 0.5) is 9.18 Å². The molecule has 5 atom stereocenters. The third kappa shape index (κ3) is 4.74. The minimum atomic E-state index is -0.791. The Kier molecular flexibility index (Phi) is 6.33. The van der Waals surface area contributed by atoms with Gasteiger partial charge in [-0.2, -0.15) is 0 Å². The highest BCUT2D eigenvalue weighted by Crippen LogP contribution is 2.47. The van der Waals surface area contributed by atoms with Gasteiger partial charge in [0.15, 0.2) is 0 Å². The molecule has 0 aromatic heterocycles. The molecule has 2 N–H and O–H groups in total. The number of carbonyl (C=O) groups excluding carboxylic acids is 3. The van der Waals surface area contributed by atoms with Crippen molar-refractivity contribution < 1.29 is 28.2 Å². The number of alkyl halides is 1. The molecule has 1 saturated heterocycles. The third-order valence-corrected chi connectivity index (χ3v) is 7.28. The molecule has 9 heteroatoms. The van der Waals surface area contributed by atoms with E-state index in [2.05, 4.69) is 10.6 Å². The average molecular weight is 510 g/mol. The van der Waals surface area contributed by atoms with Crippen LogP contribution in [-0.2, 0) is 4.74 Å². The minimum absolute atomic E-state index is 0.0531. The maximum absolute atomic E-state index is 14.0. The minimum Gasteiger partial charge on any atom is -0.486 e. The van der Waals surface area contributed by atoms with Crippen LogP contribution < -0.4 is 15.4 Å². The number of nitrogens with one attached hydrogen (secondary N) is 2. The molecular weight excluding hydrogens is 477 g/mol. The Bertz CT molecular complexity index is 1220. The molecule has 37 heavy (non-hydrogen) atoms. The van der Waals surface area contributed by atoms with E-state index >= 15 is 0 Å². The van der Waals surface area contributed by atoms with Gasteiger partial charge in [0.1, 0.15) is 24.1 Å². The first-order valence-electron chi connectivity index (χ1n) is 12.6. The lowest BCUT2D eigenvalue weighted by Gasteiger charge is -2.26. The van der Waals surface area contributed by atoms with Crippen molar-refractivity contribution in [2.45, 2.75) is 44.4 Å². The second-order valence-corrected chi connectivity index (χ2v) is 10.9. The molecule has 2 aliphatic heterocycles. The van der Waals surface area contributed by atoms with E-state index in [0.29, 0.717) is 30.0 Å². The molecule has 2 aromatic carbocycles. The van der Waals surface area contributed by atoms with Gasteiger partial charge in [-0.25, -0.2) is 9.18 Å². The summed E-state index contributed by atoms with van der Waals surface area (Å²) in [5.74, 6) is -0.523. The van der Waals surface area contributed by atoms with Crippen LogP contribution in [0.2, 0.25) is 0 Å². The number of likely N-dealkylation sites (tertiary alicyclic amines) is 1. The van der Waals surface area contributed by atoms with Gasteiger partial charge in [-0.3, -0.25) is 9.59 Å². The Morgan fingerprint density at radius 3 is 2.35 bits per heavy atom. The van der Waals surface area contributed by atoms with Crippen LogP contribution in [0, 0.1) is 11.8 Å². The van der Waals surface area contributed by atoms with E-state index in [1.54, 1.807) is 11.0 Å². The lowest BCUT2D eigenvalue weighted by Crippen LogP contribution is -2.40. The number of piperidine rings is 1. The van der Waals surface area contributed by atoms with Crippen LogP contribution in [-0.4, -0.2) is 67.4 Å². The quantitative estimate of drug-likeness (QED) is 0.643. The summed E-state index contributed by atoms with van der Waals surface area (Å²) in [5, 5.41) is 5.66. The van der Waals surface area contributed by atoms with E-state index in [0.717, 1.165) is 5.56 Å². The zero-order valence-corrected chi connectivity index (χ0v) is 21.4. The maximum Gasteiger partial charge on any atom is 0.410 e. The van der Waals surface area contributed by atoms with Gasteiger partial charge in [-0.05, 0) is 38.5 Å². The highest BCUT2D eigenvalue weighted by Gasteiger charge is 2.58. The zero-order valence-electron chi connectivity index (χ0n) is 21.4. The van der Waals surface area contributed by atoms with Crippen molar-refractivity contribution >= 4 is 17.9 Å². The molecular formula is C28H32FN3O5. The molecule has 0 spiro atoms. The summed E-state index contributed by atoms with van der Waals surface area (Å²) in [7, 11) is 1.50. The van der Waals surface area contributed by atoms with Crippen LogP contribution in [0.5, 0.6) is 5.75 Å². The van der Waals surface area contributed by atoms with E-state index in [1.165, 1.54) is 13.1 Å². The van der Waals surface area contributed by atoms with E-state index < -0.39 is 30.2 Å². The summed E-state index contributed by atoms with van der Waals surface area (Å²) < 4.78 is 25.4. The summed E-state index contributed by atoms with van der Waals surface area (Å²) in [5.41, 5.74) is 1.43. The normalized spacial score (nSPS) is 25.5. The van der Waals surface area contributed by atoms with E-state index in [-0.39, 0.29) is 35.4 Å². The molecule has 5 rings (SSSR count). The van der Waals surface area contributed by atoms with Gasteiger partial charge >= 0.3 is 6.09 Å². The Labute approximate surface area is 215 Å². The molecule has 3 amide bonds. The van der Waals surface area contributed by atoms with E-state index in [1.807, 2.05) is 51.1 Å². The van der Waals surface area contributed by atoms with Crippen molar-refractivity contribution in [3.8, 4) is 5.75 Å². The Morgan fingerprint density at radius 1 is 1.08 bits per heavy atom. The number of amides is 3. The zero-order chi connectivity index (χ0) is 26.5. The van der Waals surface area contributed by atoms with Crippen molar-refractivity contribution in [3.63, 3.8) is 0 Å². The lowest BCUT2D eigenvalue weighted by molar-refractivity contribution is 0.0269. The Balaban J connectivity index is 1.36. The second kappa shape index (κ2) is 9.36. The molecule has 0 radical (unpaired) electrons. The van der Waals surface area contributed by atoms with Crippen molar-refractivity contribution in [2.75, 3.05) is 26.8 Å². The fraction of sp³-hybridized carbons (Fsp3) is 0.464. The highest BCUT2D eigenvalue weighted by atomic mass is 19.1. The number of rotatable bonds is 5. The first-order valence-corrected chi connectivity index (χ1v) is 12.6. The number of carbonyl (C=O) groups is 3. The molecule has 3 unspecified atom stereocenters. The number of ether oxygens (including phenoxy) is 2. The summed E-state index contributed by atoms with van der Waals surface area (Å²) in [6.07, 6.45) is -1.13. The van der Waals surface area contributed by atoms with Gasteiger partial charge in [0.2, 0.25) is 0 Å². The number of fused-ring (bicyclic) bond motifs is 2. The van der Waals surface area contributed by atoms with Gasteiger partial charge in [0.05, 0.1) is 11.5 Å². The first kappa shape index (κ1) is 25.0. The number of nitrogens with zero attached hydrogens (tertiary/aromatic N) is 1. The first-order chi connectivity index (χ1) is 17.6. The van der Waals surface area contributed by atoms with Gasteiger partial charge < -0.3 is 25.0 Å². The monoisotopic (exact) mass is 509 g/mol. The molecule has 1 saturated carbocycles. The van der Waals surface area contributed by atoms with Gasteiger partial charge in [0.25, 0.3) is 11.8 Å². The van der Waals surface area contributed by atoms with E-state index in [4.69, 9.17) is 9.47 Å². The van der Waals surface area contributed by atoms with Crippen molar-refractivity contribution in [2.24, 2.45) is 11.8 Å². The Morgan fingerprint density at radius 2 is 1.76 bits per heavy atom. The van der Waals surface area contributed by atoms with Crippen LogP contribution in [0.25, 0.3) is 0 Å². The van der Waals surface area contributed by atoms with Crippen LogP contribution in [0.3, 0.4) is 0 Å². The van der Waals surface area contributed by atoms with Crippen molar-refractivity contribution in [1.29, 1.82) is 0 Å². The van der Waals surface area contributed by atoms with Crippen LogP contribution >= 0.6 is 0 Å². The van der Waals surface area contributed by atoms with Crippen molar-refractivity contribution in [3.05, 3.63) is 64.7 Å². The molecule has 2 fully saturated rings. The van der Waals surface area contributed by atoms with Gasteiger partial charge in [0, 0.05) is 49.1 Å². The average Bonchev–Trinajstić information content (AvgIpc) is 3.21. The predicted molar refractivity (Wildman–Crippen MR) is 135 cm³/mol. The lowest BCUT2D eigenvalue weighted by atomic mass is 9.86. The van der Waals surface area contributed by atoms with Crippen molar-refractivity contribution in [1.82, 2.24) is 15.5 Å². The van der Waals surface area contributed by atoms with Crippen LogP contribution in [0.1, 0.15) is 58.5 Å². The molecule has 1 aliphatic carbocycles. The topological polar surface area (TPSA) is 97.0 Å². The molecule has 2 heterocycles. The SMILES string of the molecule is CNC(=O)c1cc(C(=O)NC2[C@H]3CN(C(=O)OC(C)(C)C)C[C@@H]23)cc2c1OC(CF)C2c1ccccc1. The smallest absolute Gasteiger partial charge is 0.410 e.